The third-order valence-corrected chi connectivity index (χ3v) is 3.55. The summed E-state index contributed by atoms with van der Waals surface area (Å²) in [7, 11) is 0. The van der Waals surface area contributed by atoms with Crippen molar-refractivity contribution in [1.82, 2.24) is 4.98 Å². The van der Waals surface area contributed by atoms with Crippen LogP contribution in [-0.2, 0) is 11.2 Å². The molecule has 100 valence electrons. The molecule has 0 spiro atoms. The number of ether oxygens (including phenoxy) is 1. The molecule has 1 saturated heterocycles. The molecule has 1 aromatic rings. The van der Waals surface area contributed by atoms with Crippen molar-refractivity contribution in [2.75, 3.05) is 6.61 Å². The van der Waals surface area contributed by atoms with Crippen LogP contribution in [0.15, 0.2) is 24.4 Å². The summed E-state index contributed by atoms with van der Waals surface area (Å²) in [6, 6.07) is 5.92. The molecule has 18 heavy (non-hydrogen) atoms. The highest BCUT2D eigenvalue weighted by atomic mass is 16.5. The second-order valence-electron chi connectivity index (χ2n) is 5.08. The van der Waals surface area contributed by atoms with Crippen molar-refractivity contribution in [3.05, 3.63) is 30.1 Å². The van der Waals surface area contributed by atoms with Gasteiger partial charge in [0.25, 0.3) is 0 Å². The van der Waals surface area contributed by atoms with Gasteiger partial charge in [-0.1, -0.05) is 6.07 Å². The zero-order valence-electron chi connectivity index (χ0n) is 10.9. The molecule has 0 bridgehead atoms. The lowest BCUT2D eigenvalue weighted by atomic mass is 10.0. The van der Waals surface area contributed by atoms with Gasteiger partial charge in [-0.25, -0.2) is 0 Å². The molecule has 0 radical (unpaired) electrons. The third-order valence-electron chi connectivity index (χ3n) is 3.55. The standard InChI is InChI=1S/C15H23NO2/c17-14(6-3-7-15-8-4-12-18-15)10-9-13-5-1-2-11-16-13/h1-2,5,11,14-15,17H,3-4,6-10,12H2. The first-order valence-corrected chi connectivity index (χ1v) is 7.04. The SMILES string of the molecule is OC(CCCC1CCCO1)CCc1ccccn1. The van der Waals surface area contributed by atoms with E-state index in [0.29, 0.717) is 6.10 Å². The Balaban J connectivity index is 1.56. The van der Waals surface area contributed by atoms with Crippen LogP contribution >= 0.6 is 0 Å². The summed E-state index contributed by atoms with van der Waals surface area (Å²) in [4.78, 5) is 4.26. The van der Waals surface area contributed by atoms with Crippen LogP contribution in [0.25, 0.3) is 0 Å². The summed E-state index contributed by atoms with van der Waals surface area (Å²) in [5, 5.41) is 9.92. The second kappa shape index (κ2) is 7.49. The molecule has 2 heterocycles. The summed E-state index contributed by atoms with van der Waals surface area (Å²) in [5.41, 5.74) is 1.07. The van der Waals surface area contributed by atoms with Crippen molar-refractivity contribution < 1.29 is 9.84 Å². The average molecular weight is 249 g/mol. The number of hydrogen-bond acceptors (Lipinski definition) is 3. The van der Waals surface area contributed by atoms with E-state index in [4.69, 9.17) is 4.74 Å². The van der Waals surface area contributed by atoms with Crippen molar-refractivity contribution >= 4 is 0 Å². The Hall–Kier alpha value is -0.930. The van der Waals surface area contributed by atoms with E-state index in [9.17, 15) is 5.11 Å². The summed E-state index contributed by atoms with van der Waals surface area (Å²) in [6.45, 7) is 0.924. The van der Waals surface area contributed by atoms with E-state index in [-0.39, 0.29) is 6.10 Å². The molecule has 2 rings (SSSR count). The van der Waals surface area contributed by atoms with Crippen LogP contribution in [0.1, 0.15) is 44.2 Å². The average Bonchev–Trinajstić information content (AvgIpc) is 2.91. The summed E-state index contributed by atoms with van der Waals surface area (Å²) >= 11 is 0. The number of aromatic nitrogens is 1. The van der Waals surface area contributed by atoms with Gasteiger partial charge in [-0.2, -0.15) is 0 Å². The molecule has 0 saturated carbocycles. The maximum Gasteiger partial charge on any atom is 0.0576 e. The smallest absolute Gasteiger partial charge is 0.0576 e. The van der Waals surface area contributed by atoms with Gasteiger partial charge in [0.05, 0.1) is 12.2 Å². The van der Waals surface area contributed by atoms with Crippen LogP contribution in [0, 0.1) is 0 Å². The van der Waals surface area contributed by atoms with Gasteiger partial charge in [-0.15, -0.1) is 0 Å². The molecule has 1 N–H and O–H groups in total. The Morgan fingerprint density at radius 3 is 3.06 bits per heavy atom. The van der Waals surface area contributed by atoms with Crippen LogP contribution in [0.3, 0.4) is 0 Å². The Labute approximate surface area is 109 Å². The van der Waals surface area contributed by atoms with Crippen LogP contribution in [-0.4, -0.2) is 28.9 Å². The molecule has 0 aliphatic carbocycles. The molecule has 1 aromatic heterocycles. The largest absolute Gasteiger partial charge is 0.393 e. The second-order valence-corrected chi connectivity index (χ2v) is 5.08. The van der Waals surface area contributed by atoms with E-state index in [0.717, 1.165) is 44.4 Å². The van der Waals surface area contributed by atoms with Gasteiger partial charge >= 0.3 is 0 Å². The summed E-state index contributed by atoms with van der Waals surface area (Å²) in [6.07, 6.45) is 9.17. The lowest BCUT2D eigenvalue weighted by molar-refractivity contribution is 0.0933. The fourth-order valence-corrected chi connectivity index (χ4v) is 2.46. The normalized spacial score (nSPS) is 21.1. The zero-order valence-corrected chi connectivity index (χ0v) is 10.9. The lowest BCUT2D eigenvalue weighted by Gasteiger charge is -2.12. The van der Waals surface area contributed by atoms with Gasteiger partial charge in [0.15, 0.2) is 0 Å². The fourth-order valence-electron chi connectivity index (χ4n) is 2.46. The third kappa shape index (κ3) is 4.75. The van der Waals surface area contributed by atoms with Crippen molar-refractivity contribution in [2.45, 2.75) is 57.2 Å². The van der Waals surface area contributed by atoms with Crippen molar-refractivity contribution in [3.63, 3.8) is 0 Å². The van der Waals surface area contributed by atoms with Gasteiger partial charge in [0.2, 0.25) is 0 Å². The Morgan fingerprint density at radius 2 is 2.33 bits per heavy atom. The predicted octanol–water partition coefficient (Wildman–Crippen LogP) is 2.72. The van der Waals surface area contributed by atoms with Gasteiger partial charge < -0.3 is 9.84 Å². The molecule has 1 fully saturated rings. The molecule has 0 amide bonds. The van der Waals surface area contributed by atoms with Crippen LogP contribution in [0.2, 0.25) is 0 Å². The van der Waals surface area contributed by atoms with E-state index >= 15 is 0 Å². The zero-order chi connectivity index (χ0) is 12.6. The maximum atomic E-state index is 9.92. The monoisotopic (exact) mass is 249 g/mol. The van der Waals surface area contributed by atoms with Crippen LogP contribution in [0.5, 0.6) is 0 Å². The molecule has 1 aliphatic rings. The van der Waals surface area contributed by atoms with Crippen LogP contribution < -0.4 is 0 Å². The van der Waals surface area contributed by atoms with Gasteiger partial charge in [0, 0.05) is 18.5 Å². The Bertz CT molecular complexity index is 323. The highest BCUT2D eigenvalue weighted by Crippen LogP contribution is 2.18. The number of hydrogen-bond donors (Lipinski definition) is 1. The topological polar surface area (TPSA) is 42.4 Å². The lowest BCUT2D eigenvalue weighted by Crippen LogP contribution is -2.11. The molecule has 1 aliphatic heterocycles. The van der Waals surface area contributed by atoms with Crippen LogP contribution in [0.4, 0.5) is 0 Å². The first kappa shape index (κ1) is 13.5. The van der Waals surface area contributed by atoms with Gasteiger partial charge in [0.1, 0.15) is 0 Å². The highest BCUT2D eigenvalue weighted by molar-refractivity contribution is 5.03. The molecule has 3 heteroatoms. The van der Waals surface area contributed by atoms with Crippen molar-refractivity contribution in [3.8, 4) is 0 Å². The number of aryl methyl sites for hydroxylation is 1. The first-order chi connectivity index (χ1) is 8.84. The molecular weight excluding hydrogens is 226 g/mol. The minimum absolute atomic E-state index is 0.201. The van der Waals surface area contributed by atoms with E-state index < -0.39 is 0 Å². The molecular formula is C15H23NO2. The number of aliphatic hydroxyl groups is 1. The molecule has 3 nitrogen and oxygen atoms in total. The number of aliphatic hydroxyl groups excluding tert-OH is 1. The summed E-state index contributed by atoms with van der Waals surface area (Å²) in [5.74, 6) is 0. The quantitative estimate of drug-likeness (QED) is 0.808. The fraction of sp³-hybridized carbons (Fsp3) is 0.667. The molecule has 2 unspecified atom stereocenters. The van der Waals surface area contributed by atoms with E-state index in [1.165, 1.54) is 12.8 Å². The highest BCUT2D eigenvalue weighted by Gasteiger charge is 2.15. The Morgan fingerprint density at radius 1 is 1.39 bits per heavy atom. The van der Waals surface area contributed by atoms with Gasteiger partial charge in [-0.3, -0.25) is 4.98 Å². The van der Waals surface area contributed by atoms with Crippen molar-refractivity contribution in [1.29, 1.82) is 0 Å². The molecule has 0 aromatic carbocycles. The Kier molecular flexibility index (Phi) is 5.62. The van der Waals surface area contributed by atoms with Gasteiger partial charge in [-0.05, 0) is 57.1 Å². The summed E-state index contributed by atoms with van der Waals surface area (Å²) < 4.78 is 5.57. The van der Waals surface area contributed by atoms with Crippen molar-refractivity contribution in [2.24, 2.45) is 0 Å². The van der Waals surface area contributed by atoms with E-state index in [1.807, 2.05) is 18.2 Å². The number of nitrogens with zero attached hydrogens (tertiary/aromatic N) is 1. The first-order valence-electron chi connectivity index (χ1n) is 7.04. The number of pyridine rings is 1. The van der Waals surface area contributed by atoms with E-state index in [2.05, 4.69) is 4.98 Å². The maximum absolute atomic E-state index is 9.92. The van der Waals surface area contributed by atoms with E-state index in [1.54, 1.807) is 6.20 Å². The number of rotatable bonds is 7. The minimum Gasteiger partial charge on any atom is -0.393 e. The minimum atomic E-state index is -0.201. The molecule has 2 atom stereocenters. The predicted molar refractivity (Wildman–Crippen MR) is 71.4 cm³/mol.